The van der Waals surface area contributed by atoms with E-state index in [4.69, 9.17) is 0 Å². The summed E-state index contributed by atoms with van der Waals surface area (Å²) in [6.07, 6.45) is 1.85. The minimum Gasteiger partial charge on any atom is -0.326 e. The van der Waals surface area contributed by atoms with Gasteiger partial charge in [-0.2, -0.15) is 5.10 Å². The highest BCUT2D eigenvalue weighted by Crippen LogP contribution is 2.17. The molecule has 3 N–H and O–H groups in total. The first kappa shape index (κ1) is 14.0. The molecule has 2 heterocycles. The summed E-state index contributed by atoms with van der Waals surface area (Å²) in [5, 5.41) is 13.6. The van der Waals surface area contributed by atoms with Crippen molar-refractivity contribution in [3.63, 3.8) is 0 Å². The van der Waals surface area contributed by atoms with E-state index in [0.29, 0.717) is 12.2 Å². The lowest BCUT2D eigenvalue weighted by molar-refractivity contribution is -0.116. The summed E-state index contributed by atoms with van der Waals surface area (Å²) in [4.78, 5) is 12.0. The standard InChI is InChI=1S/C13H16N4O3S/c18-13(6-11-8-21(19,20)4-3-14-11)16-10-2-1-9-7-15-17-12(9)5-10/h1-2,5,7,11,14H,3-4,6,8H2,(H,15,17)(H,16,18). The van der Waals surface area contributed by atoms with Crippen LogP contribution < -0.4 is 10.6 Å². The Morgan fingerprint density at radius 2 is 2.29 bits per heavy atom. The van der Waals surface area contributed by atoms with Gasteiger partial charge in [-0.1, -0.05) is 0 Å². The maximum atomic E-state index is 12.0. The molecular formula is C13H16N4O3S. The zero-order valence-corrected chi connectivity index (χ0v) is 12.1. The van der Waals surface area contributed by atoms with E-state index in [1.54, 1.807) is 18.3 Å². The van der Waals surface area contributed by atoms with Crippen molar-refractivity contribution >= 4 is 32.3 Å². The van der Waals surface area contributed by atoms with E-state index in [9.17, 15) is 13.2 Å². The molecule has 1 aromatic carbocycles. The summed E-state index contributed by atoms with van der Waals surface area (Å²) >= 11 is 0. The molecule has 1 aromatic heterocycles. The highest BCUT2D eigenvalue weighted by atomic mass is 32.2. The fourth-order valence-electron chi connectivity index (χ4n) is 2.45. The number of H-pyrrole nitrogens is 1. The predicted octanol–water partition coefficient (Wildman–Crippen LogP) is 0.278. The maximum Gasteiger partial charge on any atom is 0.225 e. The third-order valence-electron chi connectivity index (χ3n) is 3.46. The number of benzene rings is 1. The fourth-order valence-corrected chi connectivity index (χ4v) is 3.89. The van der Waals surface area contributed by atoms with Crippen LogP contribution in [0.4, 0.5) is 5.69 Å². The number of amides is 1. The molecule has 1 unspecified atom stereocenters. The third kappa shape index (κ3) is 3.40. The number of fused-ring (bicyclic) bond motifs is 1. The zero-order valence-electron chi connectivity index (χ0n) is 11.3. The van der Waals surface area contributed by atoms with Crippen LogP contribution in [-0.2, 0) is 14.6 Å². The van der Waals surface area contributed by atoms with Crippen LogP contribution in [0.25, 0.3) is 10.9 Å². The van der Waals surface area contributed by atoms with Gasteiger partial charge in [-0.3, -0.25) is 9.89 Å². The van der Waals surface area contributed by atoms with Crippen LogP contribution in [-0.4, -0.2) is 48.6 Å². The highest BCUT2D eigenvalue weighted by molar-refractivity contribution is 7.91. The van der Waals surface area contributed by atoms with Crippen molar-refractivity contribution in [3.05, 3.63) is 24.4 Å². The number of anilines is 1. The van der Waals surface area contributed by atoms with E-state index in [0.717, 1.165) is 10.9 Å². The van der Waals surface area contributed by atoms with E-state index in [2.05, 4.69) is 20.8 Å². The minimum atomic E-state index is -3.03. The lowest BCUT2D eigenvalue weighted by Crippen LogP contribution is -2.46. The molecule has 1 atom stereocenters. The van der Waals surface area contributed by atoms with Crippen LogP contribution in [0.3, 0.4) is 0 Å². The Morgan fingerprint density at radius 3 is 3.10 bits per heavy atom. The molecule has 0 spiro atoms. The number of nitrogens with one attached hydrogen (secondary N) is 3. The molecule has 0 bridgehead atoms. The molecule has 1 saturated heterocycles. The van der Waals surface area contributed by atoms with Crippen LogP contribution in [0.5, 0.6) is 0 Å². The van der Waals surface area contributed by atoms with Crippen molar-refractivity contribution < 1.29 is 13.2 Å². The van der Waals surface area contributed by atoms with Crippen LogP contribution in [0.2, 0.25) is 0 Å². The number of sulfone groups is 1. The molecule has 1 aliphatic rings. The molecule has 1 fully saturated rings. The molecule has 7 nitrogen and oxygen atoms in total. The van der Waals surface area contributed by atoms with Gasteiger partial charge in [0.05, 0.1) is 23.2 Å². The molecule has 1 aliphatic heterocycles. The molecule has 0 saturated carbocycles. The number of rotatable bonds is 3. The van der Waals surface area contributed by atoms with Gasteiger partial charge in [-0.15, -0.1) is 0 Å². The molecule has 2 aromatic rings. The number of hydrogen-bond acceptors (Lipinski definition) is 5. The summed E-state index contributed by atoms with van der Waals surface area (Å²) in [5.74, 6) is -0.0507. The summed E-state index contributed by atoms with van der Waals surface area (Å²) in [6, 6.07) is 5.13. The molecule has 21 heavy (non-hydrogen) atoms. The quantitative estimate of drug-likeness (QED) is 0.755. The van der Waals surface area contributed by atoms with E-state index >= 15 is 0 Å². The molecule has 112 valence electrons. The largest absolute Gasteiger partial charge is 0.326 e. The van der Waals surface area contributed by atoms with Crippen LogP contribution in [0.1, 0.15) is 6.42 Å². The zero-order chi connectivity index (χ0) is 14.9. The van der Waals surface area contributed by atoms with Crippen molar-refractivity contribution in [3.8, 4) is 0 Å². The SMILES string of the molecule is O=C(CC1CS(=O)(=O)CCN1)Nc1ccc2cn[nH]c2c1. The average Bonchev–Trinajstić information content (AvgIpc) is 2.84. The van der Waals surface area contributed by atoms with Gasteiger partial charge in [0.25, 0.3) is 0 Å². The first-order chi connectivity index (χ1) is 10.0. The van der Waals surface area contributed by atoms with Crippen molar-refractivity contribution in [2.24, 2.45) is 0 Å². The van der Waals surface area contributed by atoms with Gasteiger partial charge in [0.2, 0.25) is 5.91 Å². The maximum absolute atomic E-state index is 12.0. The summed E-state index contributed by atoms with van der Waals surface area (Å²) in [5.41, 5.74) is 1.50. The first-order valence-electron chi connectivity index (χ1n) is 6.69. The van der Waals surface area contributed by atoms with Gasteiger partial charge in [-0.05, 0) is 18.2 Å². The normalized spacial score (nSPS) is 21.2. The van der Waals surface area contributed by atoms with E-state index in [-0.39, 0.29) is 29.9 Å². The second-order valence-corrected chi connectivity index (χ2v) is 7.42. The highest BCUT2D eigenvalue weighted by Gasteiger charge is 2.25. The molecule has 0 radical (unpaired) electrons. The molecule has 3 rings (SSSR count). The summed E-state index contributed by atoms with van der Waals surface area (Å²) in [7, 11) is -3.03. The number of carbonyl (C=O) groups is 1. The number of aromatic amines is 1. The van der Waals surface area contributed by atoms with Crippen molar-refractivity contribution in [2.45, 2.75) is 12.5 Å². The second-order valence-electron chi connectivity index (χ2n) is 5.19. The van der Waals surface area contributed by atoms with E-state index in [1.165, 1.54) is 0 Å². The minimum absolute atomic E-state index is 0.0139. The molecule has 0 aliphatic carbocycles. The molecule has 8 heteroatoms. The predicted molar refractivity (Wildman–Crippen MR) is 79.8 cm³/mol. The second kappa shape index (κ2) is 5.45. The Kier molecular flexibility index (Phi) is 3.64. The van der Waals surface area contributed by atoms with Crippen LogP contribution in [0, 0.1) is 0 Å². The molecular weight excluding hydrogens is 292 g/mol. The smallest absolute Gasteiger partial charge is 0.225 e. The Labute approximate surface area is 122 Å². The van der Waals surface area contributed by atoms with Gasteiger partial charge in [0.1, 0.15) is 0 Å². The number of nitrogens with zero attached hydrogens (tertiary/aromatic N) is 1. The van der Waals surface area contributed by atoms with Crippen LogP contribution in [0.15, 0.2) is 24.4 Å². The number of carbonyl (C=O) groups excluding carboxylic acids is 1. The Hall–Kier alpha value is -1.93. The lowest BCUT2D eigenvalue weighted by Gasteiger charge is -2.23. The van der Waals surface area contributed by atoms with Crippen molar-refractivity contribution in [1.82, 2.24) is 15.5 Å². The third-order valence-corrected chi connectivity index (χ3v) is 5.20. The van der Waals surface area contributed by atoms with Gasteiger partial charge in [0.15, 0.2) is 9.84 Å². The van der Waals surface area contributed by atoms with Crippen molar-refractivity contribution in [1.29, 1.82) is 0 Å². The fraction of sp³-hybridized carbons (Fsp3) is 0.385. The first-order valence-corrected chi connectivity index (χ1v) is 8.51. The van der Waals surface area contributed by atoms with Crippen molar-refractivity contribution in [2.75, 3.05) is 23.4 Å². The summed E-state index contributed by atoms with van der Waals surface area (Å²) < 4.78 is 23.1. The molecule has 1 amide bonds. The summed E-state index contributed by atoms with van der Waals surface area (Å²) in [6.45, 7) is 0.403. The van der Waals surface area contributed by atoms with E-state index in [1.807, 2.05) is 6.07 Å². The van der Waals surface area contributed by atoms with Gasteiger partial charge in [-0.25, -0.2) is 8.42 Å². The monoisotopic (exact) mass is 308 g/mol. The van der Waals surface area contributed by atoms with Gasteiger partial charge >= 0.3 is 0 Å². The lowest BCUT2D eigenvalue weighted by atomic mass is 10.2. The van der Waals surface area contributed by atoms with Gasteiger partial charge < -0.3 is 10.6 Å². The Bertz CT molecular complexity index is 769. The number of aromatic nitrogens is 2. The van der Waals surface area contributed by atoms with Gasteiger partial charge in [0, 0.05) is 30.1 Å². The topological polar surface area (TPSA) is 104 Å². The Balaban J connectivity index is 1.63. The average molecular weight is 308 g/mol. The number of hydrogen-bond donors (Lipinski definition) is 3. The van der Waals surface area contributed by atoms with Crippen LogP contribution >= 0.6 is 0 Å². The van der Waals surface area contributed by atoms with E-state index < -0.39 is 9.84 Å². The Morgan fingerprint density at radius 1 is 1.43 bits per heavy atom.